The number of amides is 1. The van der Waals surface area contributed by atoms with Crippen molar-refractivity contribution < 1.29 is 19.4 Å². The summed E-state index contributed by atoms with van der Waals surface area (Å²) >= 11 is 0. The minimum absolute atomic E-state index is 0.149. The van der Waals surface area contributed by atoms with Crippen LogP contribution >= 0.6 is 0 Å². The van der Waals surface area contributed by atoms with Gasteiger partial charge in [0.1, 0.15) is 11.6 Å². The number of aromatic amines is 1. The topological polar surface area (TPSA) is 95.5 Å². The summed E-state index contributed by atoms with van der Waals surface area (Å²) in [6.45, 7) is 2.85. The van der Waals surface area contributed by atoms with Gasteiger partial charge in [-0.3, -0.25) is 14.7 Å². The third kappa shape index (κ3) is 2.76. The van der Waals surface area contributed by atoms with Crippen molar-refractivity contribution in [1.82, 2.24) is 15.1 Å². The number of hydrogen-bond donors (Lipinski definition) is 2. The van der Waals surface area contributed by atoms with Crippen LogP contribution in [0.4, 0.5) is 0 Å². The van der Waals surface area contributed by atoms with E-state index < -0.39 is 17.9 Å². The number of carbonyl (C=O) groups is 2. The number of carboxylic acids is 1. The number of nitrogens with zero attached hydrogens (tertiary/aromatic N) is 2. The molecule has 1 aromatic rings. The van der Waals surface area contributed by atoms with Crippen LogP contribution in [0, 0.1) is 5.92 Å². The number of aromatic nitrogens is 2. The summed E-state index contributed by atoms with van der Waals surface area (Å²) in [5.41, 5.74) is 0.365. The maximum Gasteiger partial charge on any atom is 0.311 e. The van der Waals surface area contributed by atoms with Crippen molar-refractivity contribution in [2.24, 2.45) is 5.92 Å². The average Bonchev–Trinajstić information content (AvgIpc) is 3.05. The van der Waals surface area contributed by atoms with Crippen molar-refractivity contribution in [3.8, 4) is 0 Å². The summed E-state index contributed by atoms with van der Waals surface area (Å²) < 4.78 is 5.23. The Morgan fingerprint density at radius 3 is 2.95 bits per heavy atom. The second-order valence-corrected chi connectivity index (χ2v) is 4.52. The molecule has 2 unspecified atom stereocenters. The SMILES string of the molecule is CCCN(C(=O)c1ccn[nH]1)C1COCC1C(=O)O. The molecule has 0 radical (unpaired) electrons. The molecule has 104 valence electrons. The number of H-pyrrole nitrogens is 1. The molecule has 7 nitrogen and oxygen atoms in total. The monoisotopic (exact) mass is 267 g/mol. The Hall–Kier alpha value is -1.89. The van der Waals surface area contributed by atoms with Gasteiger partial charge in [0.15, 0.2) is 0 Å². The summed E-state index contributed by atoms with van der Waals surface area (Å²) in [5, 5.41) is 15.5. The van der Waals surface area contributed by atoms with Gasteiger partial charge in [0.25, 0.3) is 5.91 Å². The highest BCUT2D eigenvalue weighted by molar-refractivity contribution is 5.92. The van der Waals surface area contributed by atoms with Gasteiger partial charge in [-0.2, -0.15) is 5.10 Å². The van der Waals surface area contributed by atoms with Crippen LogP contribution in [-0.4, -0.2) is 57.9 Å². The highest BCUT2D eigenvalue weighted by atomic mass is 16.5. The van der Waals surface area contributed by atoms with Gasteiger partial charge in [-0.15, -0.1) is 0 Å². The van der Waals surface area contributed by atoms with E-state index in [1.165, 1.54) is 6.20 Å². The van der Waals surface area contributed by atoms with Crippen molar-refractivity contribution in [1.29, 1.82) is 0 Å². The lowest BCUT2D eigenvalue weighted by Gasteiger charge is -2.29. The molecule has 1 saturated heterocycles. The third-order valence-corrected chi connectivity index (χ3v) is 3.22. The van der Waals surface area contributed by atoms with E-state index in [-0.39, 0.29) is 19.1 Å². The quantitative estimate of drug-likeness (QED) is 0.803. The molecular formula is C12H17N3O4. The summed E-state index contributed by atoms with van der Waals surface area (Å²) in [6.07, 6.45) is 2.25. The van der Waals surface area contributed by atoms with Crippen molar-refractivity contribution in [2.75, 3.05) is 19.8 Å². The van der Waals surface area contributed by atoms with Gasteiger partial charge in [0.2, 0.25) is 0 Å². The second kappa shape index (κ2) is 5.83. The normalized spacial score (nSPS) is 22.4. The Morgan fingerprint density at radius 1 is 1.58 bits per heavy atom. The van der Waals surface area contributed by atoms with Crippen molar-refractivity contribution in [3.63, 3.8) is 0 Å². The molecule has 0 bridgehead atoms. The Balaban J connectivity index is 2.20. The Morgan fingerprint density at radius 2 is 2.37 bits per heavy atom. The minimum atomic E-state index is -0.930. The molecule has 2 N–H and O–H groups in total. The van der Waals surface area contributed by atoms with Crippen molar-refractivity contribution in [3.05, 3.63) is 18.0 Å². The zero-order valence-electron chi connectivity index (χ0n) is 10.7. The zero-order valence-corrected chi connectivity index (χ0v) is 10.7. The van der Waals surface area contributed by atoms with Crippen molar-refractivity contribution >= 4 is 11.9 Å². The molecule has 1 amide bonds. The molecule has 0 aliphatic carbocycles. The molecule has 2 rings (SSSR count). The molecule has 0 aromatic carbocycles. The first kappa shape index (κ1) is 13.5. The minimum Gasteiger partial charge on any atom is -0.481 e. The maximum atomic E-state index is 12.4. The highest BCUT2D eigenvalue weighted by Crippen LogP contribution is 2.22. The summed E-state index contributed by atoms with van der Waals surface area (Å²) in [6, 6.07) is 1.16. The van der Waals surface area contributed by atoms with Crippen molar-refractivity contribution in [2.45, 2.75) is 19.4 Å². The molecule has 1 fully saturated rings. The fourth-order valence-electron chi connectivity index (χ4n) is 2.27. The van der Waals surface area contributed by atoms with E-state index in [1.807, 2.05) is 6.92 Å². The van der Waals surface area contributed by atoms with Gasteiger partial charge in [-0.05, 0) is 12.5 Å². The number of aliphatic carboxylic acids is 1. The highest BCUT2D eigenvalue weighted by Gasteiger charge is 2.40. The van der Waals surface area contributed by atoms with Crippen LogP contribution in [0.5, 0.6) is 0 Å². The standard InChI is InChI=1S/C12H17N3O4/c1-2-5-15(11(16)9-3-4-13-14-9)10-7-19-6-8(10)12(17)18/h3-4,8,10H,2,5-7H2,1H3,(H,13,14)(H,17,18). The summed E-state index contributed by atoms with van der Waals surface area (Å²) in [7, 11) is 0. The molecule has 1 aromatic heterocycles. The Bertz CT molecular complexity index is 446. The Labute approximate surface area is 110 Å². The van der Waals surface area contributed by atoms with Crippen LogP contribution in [0.25, 0.3) is 0 Å². The number of carboxylic acid groups (broad SMARTS) is 1. The van der Waals surface area contributed by atoms with Crippen LogP contribution in [-0.2, 0) is 9.53 Å². The van der Waals surface area contributed by atoms with E-state index in [1.54, 1.807) is 11.0 Å². The largest absolute Gasteiger partial charge is 0.481 e. The molecule has 0 spiro atoms. The molecule has 19 heavy (non-hydrogen) atoms. The fourth-order valence-corrected chi connectivity index (χ4v) is 2.27. The molecule has 2 heterocycles. The van der Waals surface area contributed by atoms with E-state index >= 15 is 0 Å². The van der Waals surface area contributed by atoms with Crippen LogP contribution < -0.4 is 0 Å². The first-order valence-corrected chi connectivity index (χ1v) is 6.26. The van der Waals surface area contributed by atoms with Gasteiger partial charge in [-0.1, -0.05) is 6.92 Å². The molecule has 1 aliphatic heterocycles. The van der Waals surface area contributed by atoms with E-state index in [0.717, 1.165) is 6.42 Å². The number of ether oxygens (including phenoxy) is 1. The van der Waals surface area contributed by atoms with Crippen LogP contribution in [0.3, 0.4) is 0 Å². The predicted molar refractivity (Wildman–Crippen MR) is 65.6 cm³/mol. The molecule has 1 aliphatic rings. The lowest BCUT2D eigenvalue weighted by atomic mass is 10.0. The number of hydrogen-bond acceptors (Lipinski definition) is 4. The molecule has 7 heteroatoms. The first-order chi connectivity index (χ1) is 9.15. The van der Waals surface area contributed by atoms with Gasteiger partial charge in [0, 0.05) is 12.7 Å². The zero-order chi connectivity index (χ0) is 13.8. The third-order valence-electron chi connectivity index (χ3n) is 3.22. The van der Waals surface area contributed by atoms with E-state index in [2.05, 4.69) is 10.2 Å². The molecule has 2 atom stereocenters. The van der Waals surface area contributed by atoms with Gasteiger partial charge >= 0.3 is 5.97 Å². The van der Waals surface area contributed by atoms with E-state index in [0.29, 0.717) is 12.2 Å². The molecule has 0 saturated carbocycles. The lowest BCUT2D eigenvalue weighted by molar-refractivity contribution is -0.142. The first-order valence-electron chi connectivity index (χ1n) is 6.26. The Kier molecular flexibility index (Phi) is 4.16. The van der Waals surface area contributed by atoms with Crippen LogP contribution in [0.15, 0.2) is 12.3 Å². The average molecular weight is 267 g/mol. The number of carbonyl (C=O) groups excluding carboxylic acids is 1. The predicted octanol–water partition coefficient (Wildman–Crippen LogP) is 0.361. The number of rotatable bonds is 5. The van der Waals surface area contributed by atoms with Crippen LogP contribution in [0.1, 0.15) is 23.8 Å². The summed E-state index contributed by atoms with van der Waals surface area (Å²) in [5.74, 6) is -1.83. The lowest BCUT2D eigenvalue weighted by Crippen LogP contribution is -2.47. The smallest absolute Gasteiger partial charge is 0.311 e. The molecular weight excluding hydrogens is 250 g/mol. The fraction of sp³-hybridized carbons (Fsp3) is 0.583. The second-order valence-electron chi connectivity index (χ2n) is 4.52. The van der Waals surface area contributed by atoms with Crippen LogP contribution in [0.2, 0.25) is 0 Å². The van der Waals surface area contributed by atoms with Gasteiger partial charge < -0.3 is 14.7 Å². The van der Waals surface area contributed by atoms with E-state index in [9.17, 15) is 14.7 Å². The number of nitrogens with one attached hydrogen (secondary N) is 1. The summed E-state index contributed by atoms with van der Waals surface area (Å²) in [4.78, 5) is 25.1. The maximum absolute atomic E-state index is 12.4. The van der Waals surface area contributed by atoms with Gasteiger partial charge in [0.05, 0.1) is 19.3 Å². The van der Waals surface area contributed by atoms with E-state index in [4.69, 9.17) is 4.74 Å². The van der Waals surface area contributed by atoms with Gasteiger partial charge in [-0.25, -0.2) is 0 Å².